The molecule has 0 amide bonds. The summed E-state index contributed by atoms with van der Waals surface area (Å²) in [4.78, 5) is 15.8. The summed E-state index contributed by atoms with van der Waals surface area (Å²) in [5.74, 6) is 0.287. The van der Waals surface area contributed by atoms with Crippen molar-refractivity contribution in [3.8, 4) is 5.75 Å². The predicted molar refractivity (Wildman–Crippen MR) is 108 cm³/mol. The van der Waals surface area contributed by atoms with Crippen LogP contribution >= 0.6 is 0 Å². The molecule has 0 atom stereocenters. The molecule has 7 nitrogen and oxygen atoms in total. The molecule has 0 saturated carbocycles. The molecule has 1 aromatic carbocycles. The number of likely N-dealkylation sites (tertiary alicyclic amines) is 1. The van der Waals surface area contributed by atoms with Gasteiger partial charge in [0.15, 0.2) is 5.75 Å². The third-order valence-electron chi connectivity index (χ3n) is 5.70. The predicted octanol–water partition coefficient (Wildman–Crippen LogP) is 2.88. The fraction of sp³-hybridized carbons (Fsp3) is 0.500. The smallest absolute Gasteiger partial charge is 0.311 e. The lowest BCUT2D eigenvalue weighted by Gasteiger charge is -2.53. The molecule has 1 aromatic rings. The number of hydrogen-bond acceptors (Lipinski definition) is 6. The van der Waals surface area contributed by atoms with E-state index in [4.69, 9.17) is 4.74 Å². The molecule has 3 rings (SSSR count). The molecule has 7 heteroatoms. The molecule has 2 saturated heterocycles. The van der Waals surface area contributed by atoms with E-state index in [-0.39, 0.29) is 11.4 Å². The largest absolute Gasteiger partial charge is 0.490 e. The minimum atomic E-state index is -0.401. The molecule has 0 bridgehead atoms. The summed E-state index contributed by atoms with van der Waals surface area (Å²) in [7, 11) is 5.44. The van der Waals surface area contributed by atoms with Gasteiger partial charge in [-0.05, 0) is 30.9 Å². The summed E-state index contributed by atoms with van der Waals surface area (Å²) < 4.78 is 5.32. The molecule has 2 heterocycles. The van der Waals surface area contributed by atoms with Gasteiger partial charge in [0, 0.05) is 62.8 Å². The molecule has 2 aliphatic heterocycles. The van der Waals surface area contributed by atoms with Crippen LogP contribution in [0.3, 0.4) is 0 Å². The van der Waals surface area contributed by atoms with Crippen molar-refractivity contribution < 1.29 is 9.66 Å². The van der Waals surface area contributed by atoms with Crippen molar-refractivity contribution >= 4 is 16.9 Å². The first-order valence-electron chi connectivity index (χ1n) is 9.23. The first-order chi connectivity index (χ1) is 12.9. The van der Waals surface area contributed by atoms with Gasteiger partial charge in [-0.2, -0.15) is 0 Å². The van der Waals surface area contributed by atoms with E-state index in [1.165, 1.54) is 7.11 Å². The van der Waals surface area contributed by atoms with Crippen LogP contribution in [0.4, 0.5) is 11.4 Å². The van der Waals surface area contributed by atoms with Crippen LogP contribution in [0.1, 0.15) is 18.4 Å². The molecule has 146 valence electrons. The Balaban J connectivity index is 1.98. The van der Waals surface area contributed by atoms with Crippen LogP contribution in [0.25, 0.3) is 5.57 Å². The van der Waals surface area contributed by atoms with Gasteiger partial charge >= 0.3 is 5.69 Å². The molecule has 0 aliphatic carbocycles. The zero-order chi connectivity index (χ0) is 19.6. The lowest BCUT2D eigenvalue weighted by molar-refractivity contribution is -0.385. The van der Waals surface area contributed by atoms with Crippen molar-refractivity contribution in [1.82, 2.24) is 10.2 Å². The van der Waals surface area contributed by atoms with E-state index in [1.54, 1.807) is 25.3 Å². The second-order valence-corrected chi connectivity index (χ2v) is 7.55. The van der Waals surface area contributed by atoms with Crippen LogP contribution < -0.4 is 15.0 Å². The number of benzene rings is 1. The lowest BCUT2D eigenvalue weighted by Crippen LogP contribution is -2.58. The van der Waals surface area contributed by atoms with Crippen LogP contribution in [0.5, 0.6) is 5.75 Å². The van der Waals surface area contributed by atoms with E-state index in [1.807, 2.05) is 6.20 Å². The van der Waals surface area contributed by atoms with Crippen molar-refractivity contribution in [1.29, 1.82) is 0 Å². The Morgan fingerprint density at radius 1 is 1.37 bits per heavy atom. The lowest BCUT2D eigenvalue weighted by atomic mass is 9.72. The zero-order valence-corrected chi connectivity index (χ0v) is 16.3. The van der Waals surface area contributed by atoms with Crippen molar-refractivity contribution in [2.45, 2.75) is 12.8 Å². The minimum Gasteiger partial charge on any atom is -0.490 e. The van der Waals surface area contributed by atoms with Gasteiger partial charge in [0.05, 0.1) is 12.0 Å². The first kappa shape index (κ1) is 19.2. The Morgan fingerprint density at radius 3 is 2.52 bits per heavy atom. The van der Waals surface area contributed by atoms with Crippen LogP contribution in [0.15, 0.2) is 31.0 Å². The van der Waals surface area contributed by atoms with Gasteiger partial charge in [0.25, 0.3) is 0 Å². The highest BCUT2D eigenvalue weighted by atomic mass is 16.6. The maximum Gasteiger partial charge on any atom is 0.311 e. The van der Waals surface area contributed by atoms with Gasteiger partial charge in [-0.25, -0.2) is 0 Å². The molecule has 1 N–H and O–H groups in total. The van der Waals surface area contributed by atoms with Crippen molar-refractivity contribution in [2.75, 3.05) is 52.3 Å². The quantitative estimate of drug-likeness (QED) is 0.470. The molecular weight excluding hydrogens is 344 g/mol. The van der Waals surface area contributed by atoms with Gasteiger partial charge in [0.2, 0.25) is 0 Å². The number of hydrogen-bond donors (Lipinski definition) is 1. The van der Waals surface area contributed by atoms with E-state index in [2.05, 4.69) is 28.7 Å². The molecule has 2 aliphatic rings. The molecule has 27 heavy (non-hydrogen) atoms. The van der Waals surface area contributed by atoms with E-state index in [9.17, 15) is 10.1 Å². The summed E-state index contributed by atoms with van der Waals surface area (Å²) in [6.45, 7) is 8.08. The SMILES string of the molecule is C=C/C(=C\NC)c1cc([N+](=O)[O-])c(OC)cc1N1CCC2(CC1)CN(C)C2. The van der Waals surface area contributed by atoms with E-state index in [0.717, 1.165) is 55.8 Å². The topological polar surface area (TPSA) is 70.9 Å². The zero-order valence-electron chi connectivity index (χ0n) is 16.3. The summed E-state index contributed by atoms with van der Waals surface area (Å²) >= 11 is 0. The molecular formula is C20H28N4O3. The fourth-order valence-corrected chi connectivity index (χ4v) is 4.40. The van der Waals surface area contributed by atoms with Gasteiger partial charge in [-0.1, -0.05) is 12.7 Å². The summed E-state index contributed by atoms with van der Waals surface area (Å²) in [5, 5.41) is 14.5. The average molecular weight is 372 g/mol. The van der Waals surface area contributed by atoms with Crippen LogP contribution in [0.2, 0.25) is 0 Å². The van der Waals surface area contributed by atoms with Gasteiger partial charge in [0.1, 0.15) is 0 Å². The Morgan fingerprint density at radius 2 is 2.04 bits per heavy atom. The fourth-order valence-electron chi connectivity index (χ4n) is 4.40. The maximum atomic E-state index is 11.5. The summed E-state index contributed by atoms with van der Waals surface area (Å²) in [6.07, 6.45) is 5.80. The monoisotopic (exact) mass is 372 g/mol. The number of rotatable bonds is 6. The third-order valence-corrected chi connectivity index (χ3v) is 5.70. The Hall–Kier alpha value is -2.54. The number of nitro benzene ring substituents is 1. The second-order valence-electron chi connectivity index (χ2n) is 7.55. The van der Waals surface area contributed by atoms with Gasteiger partial charge < -0.3 is 19.9 Å². The average Bonchev–Trinajstić information content (AvgIpc) is 2.64. The number of ether oxygens (including phenoxy) is 1. The van der Waals surface area contributed by atoms with Crippen LogP contribution in [-0.4, -0.2) is 57.2 Å². The highest BCUT2D eigenvalue weighted by molar-refractivity contribution is 5.85. The number of allylic oxidation sites excluding steroid dienone is 2. The highest BCUT2D eigenvalue weighted by Gasteiger charge is 2.43. The molecule has 0 radical (unpaired) electrons. The number of nitro groups is 1. The Bertz CT molecular complexity index is 759. The van der Waals surface area contributed by atoms with E-state index in [0.29, 0.717) is 5.41 Å². The number of methoxy groups -OCH3 is 1. The standard InChI is InChI=1S/C20H28N4O3/c1-5-15(12-21-2)16-10-18(24(25)26)19(27-4)11-17(16)23-8-6-20(7-9-23)13-22(3)14-20/h5,10-12,21H,1,6-9,13-14H2,2-4H3/b15-12+. The second kappa shape index (κ2) is 7.60. The molecule has 0 aromatic heterocycles. The first-order valence-corrected chi connectivity index (χ1v) is 9.23. The summed E-state index contributed by atoms with van der Waals surface area (Å²) in [5.41, 5.74) is 2.99. The number of nitrogens with zero attached hydrogens (tertiary/aromatic N) is 3. The molecule has 1 spiro atoms. The third kappa shape index (κ3) is 3.64. The maximum absolute atomic E-state index is 11.5. The molecule has 0 unspecified atom stereocenters. The number of nitrogens with one attached hydrogen (secondary N) is 1. The number of anilines is 1. The van der Waals surface area contributed by atoms with Crippen LogP contribution in [0, 0.1) is 15.5 Å². The van der Waals surface area contributed by atoms with E-state index >= 15 is 0 Å². The van der Waals surface area contributed by atoms with Gasteiger partial charge in [-0.3, -0.25) is 10.1 Å². The van der Waals surface area contributed by atoms with E-state index < -0.39 is 4.92 Å². The van der Waals surface area contributed by atoms with Gasteiger partial charge in [-0.15, -0.1) is 0 Å². The Labute approximate surface area is 160 Å². The van der Waals surface area contributed by atoms with Crippen molar-refractivity contribution in [3.05, 3.63) is 46.7 Å². The normalized spacial score (nSPS) is 19.5. The van der Waals surface area contributed by atoms with Crippen molar-refractivity contribution in [3.63, 3.8) is 0 Å². The molecule has 2 fully saturated rings. The van der Waals surface area contributed by atoms with Crippen LogP contribution in [-0.2, 0) is 0 Å². The Kier molecular flexibility index (Phi) is 5.41. The number of piperidine rings is 1. The van der Waals surface area contributed by atoms with Crippen molar-refractivity contribution in [2.24, 2.45) is 5.41 Å². The minimum absolute atomic E-state index is 0.0331. The highest BCUT2D eigenvalue weighted by Crippen LogP contribution is 2.44. The summed E-state index contributed by atoms with van der Waals surface area (Å²) in [6, 6.07) is 3.39.